The fourth-order valence-corrected chi connectivity index (χ4v) is 5.12. The minimum atomic E-state index is -3.65. The van der Waals surface area contributed by atoms with Crippen LogP contribution in [0.5, 0.6) is 0 Å². The summed E-state index contributed by atoms with van der Waals surface area (Å²) in [6.45, 7) is 4.21. The lowest BCUT2D eigenvalue weighted by Crippen LogP contribution is -2.49. The van der Waals surface area contributed by atoms with E-state index in [1.165, 1.54) is 4.31 Å². The SMILES string of the molecule is Cc1ccc(C)c(S(=O)(=O)NC2CCCN(S(C)(=O)=O)C2)c1. The maximum atomic E-state index is 12.6. The first-order valence-corrected chi connectivity index (χ1v) is 10.5. The normalized spacial score (nSPS) is 21.0. The topological polar surface area (TPSA) is 83.6 Å². The van der Waals surface area contributed by atoms with Crippen molar-refractivity contribution in [3.8, 4) is 0 Å². The average molecular weight is 346 g/mol. The third-order valence-corrected chi connectivity index (χ3v) is 6.74. The number of hydrogen-bond acceptors (Lipinski definition) is 4. The Morgan fingerprint density at radius 3 is 2.50 bits per heavy atom. The number of piperidine rings is 1. The number of hydrogen-bond donors (Lipinski definition) is 1. The maximum Gasteiger partial charge on any atom is 0.241 e. The van der Waals surface area contributed by atoms with Gasteiger partial charge in [-0.3, -0.25) is 0 Å². The van der Waals surface area contributed by atoms with Crippen LogP contribution in [0.2, 0.25) is 0 Å². The summed E-state index contributed by atoms with van der Waals surface area (Å²) in [4.78, 5) is 0.254. The van der Waals surface area contributed by atoms with Crippen LogP contribution in [0.15, 0.2) is 23.1 Å². The molecule has 1 fully saturated rings. The van der Waals surface area contributed by atoms with Crippen LogP contribution in [-0.4, -0.2) is 46.5 Å². The number of nitrogens with one attached hydrogen (secondary N) is 1. The highest BCUT2D eigenvalue weighted by Gasteiger charge is 2.29. The van der Waals surface area contributed by atoms with Crippen LogP contribution in [0, 0.1) is 13.8 Å². The van der Waals surface area contributed by atoms with Crippen molar-refractivity contribution in [2.45, 2.75) is 37.6 Å². The minimum absolute atomic E-state index is 0.183. The van der Waals surface area contributed by atoms with Gasteiger partial charge >= 0.3 is 0 Å². The molecule has 1 aliphatic heterocycles. The van der Waals surface area contributed by atoms with E-state index in [2.05, 4.69) is 4.72 Å². The molecular formula is C14H22N2O4S2. The van der Waals surface area contributed by atoms with Crippen molar-refractivity contribution in [3.63, 3.8) is 0 Å². The number of nitrogens with zero attached hydrogens (tertiary/aromatic N) is 1. The first-order chi connectivity index (χ1) is 10.1. The monoisotopic (exact) mass is 346 g/mol. The molecule has 6 nitrogen and oxygen atoms in total. The molecule has 1 aromatic carbocycles. The Labute approximate surface area is 132 Å². The van der Waals surface area contributed by atoms with E-state index in [9.17, 15) is 16.8 Å². The predicted molar refractivity (Wildman–Crippen MR) is 85.7 cm³/mol. The van der Waals surface area contributed by atoms with Crippen LogP contribution < -0.4 is 4.72 Å². The second-order valence-corrected chi connectivity index (χ2v) is 9.52. The lowest BCUT2D eigenvalue weighted by molar-refractivity contribution is 0.305. The first kappa shape index (κ1) is 17.4. The molecule has 8 heteroatoms. The Morgan fingerprint density at radius 1 is 1.18 bits per heavy atom. The Morgan fingerprint density at radius 2 is 1.86 bits per heavy atom. The minimum Gasteiger partial charge on any atom is -0.213 e. The van der Waals surface area contributed by atoms with Gasteiger partial charge in [0.05, 0.1) is 11.2 Å². The summed E-state index contributed by atoms with van der Waals surface area (Å²) in [7, 11) is -6.95. The number of rotatable bonds is 4. The zero-order valence-corrected chi connectivity index (χ0v) is 14.7. The van der Waals surface area contributed by atoms with E-state index < -0.39 is 26.1 Å². The van der Waals surface area contributed by atoms with Crippen molar-refractivity contribution in [3.05, 3.63) is 29.3 Å². The highest BCUT2D eigenvalue weighted by molar-refractivity contribution is 7.89. The zero-order valence-electron chi connectivity index (χ0n) is 13.0. The van der Waals surface area contributed by atoms with E-state index >= 15 is 0 Å². The first-order valence-electron chi connectivity index (χ1n) is 7.14. The summed E-state index contributed by atoms with van der Waals surface area (Å²) in [6.07, 6.45) is 2.43. The van der Waals surface area contributed by atoms with Gasteiger partial charge in [0.15, 0.2) is 0 Å². The molecule has 1 heterocycles. The smallest absolute Gasteiger partial charge is 0.213 e. The van der Waals surface area contributed by atoms with Gasteiger partial charge in [0.1, 0.15) is 0 Å². The largest absolute Gasteiger partial charge is 0.241 e. The van der Waals surface area contributed by atoms with E-state index in [0.717, 1.165) is 11.8 Å². The van der Waals surface area contributed by atoms with Gasteiger partial charge in [-0.1, -0.05) is 12.1 Å². The van der Waals surface area contributed by atoms with Gasteiger partial charge in [0, 0.05) is 19.1 Å². The van der Waals surface area contributed by atoms with Crippen LogP contribution in [0.4, 0.5) is 0 Å². The van der Waals surface area contributed by atoms with E-state index in [1.54, 1.807) is 19.1 Å². The summed E-state index contributed by atoms with van der Waals surface area (Å²) in [6, 6.07) is 4.87. The average Bonchev–Trinajstić information content (AvgIpc) is 2.40. The summed E-state index contributed by atoms with van der Waals surface area (Å²) >= 11 is 0. The van der Waals surface area contributed by atoms with E-state index in [1.807, 2.05) is 13.0 Å². The molecule has 0 amide bonds. The molecule has 22 heavy (non-hydrogen) atoms. The van der Waals surface area contributed by atoms with Gasteiger partial charge in [-0.05, 0) is 43.9 Å². The van der Waals surface area contributed by atoms with E-state index in [-0.39, 0.29) is 11.4 Å². The molecule has 1 aliphatic rings. The Hall–Kier alpha value is -0.960. The third-order valence-electron chi connectivity index (χ3n) is 3.81. The van der Waals surface area contributed by atoms with Gasteiger partial charge in [0.2, 0.25) is 20.0 Å². The molecule has 1 aromatic rings. The maximum absolute atomic E-state index is 12.6. The number of sulfonamides is 2. The molecule has 2 rings (SSSR count). The summed E-state index contributed by atoms with van der Waals surface area (Å²) in [5.74, 6) is 0. The van der Waals surface area contributed by atoms with Gasteiger partial charge in [-0.25, -0.2) is 25.9 Å². The molecule has 1 unspecified atom stereocenters. The van der Waals surface area contributed by atoms with Crippen molar-refractivity contribution in [2.75, 3.05) is 19.3 Å². The molecule has 1 saturated heterocycles. The quantitative estimate of drug-likeness (QED) is 0.882. The lowest BCUT2D eigenvalue weighted by atomic mass is 10.1. The molecule has 124 valence electrons. The number of aryl methyl sites for hydroxylation is 2. The third kappa shape index (κ3) is 4.07. The number of benzene rings is 1. The highest BCUT2D eigenvalue weighted by Crippen LogP contribution is 2.19. The molecule has 0 radical (unpaired) electrons. The summed E-state index contributed by atoms with van der Waals surface area (Å²) < 4.78 is 52.3. The van der Waals surface area contributed by atoms with Crippen molar-refractivity contribution >= 4 is 20.0 Å². The highest BCUT2D eigenvalue weighted by atomic mass is 32.2. The summed E-state index contributed by atoms with van der Waals surface area (Å²) in [5, 5.41) is 0. The van der Waals surface area contributed by atoms with E-state index in [0.29, 0.717) is 24.9 Å². The van der Waals surface area contributed by atoms with Crippen LogP contribution in [0.1, 0.15) is 24.0 Å². The van der Waals surface area contributed by atoms with Crippen molar-refractivity contribution in [1.29, 1.82) is 0 Å². The molecule has 0 spiro atoms. The predicted octanol–water partition coefficient (Wildman–Crippen LogP) is 1.01. The molecule has 0 bridgehead atoms. The fourth-order valence-electron chi connectivity index (χ4n) is 2.62. The van der Waals surface area contributed by atoms with Gasteiger partial charge in [0.25, 0.3) is 0 Å². The van der Waals surface area contributed by atoms with Crippen molar-refractivity contribution < 1.29 is 16.8 Å². The Bertz CT molecular complexity index is 757. The van der Waals surface area contributed by atoms with Gasteiger partial charge < -0.3 is 0 Å². The molecule has 0 aromatic heterocycles. The van der Waals surface area contributed by atoms with Crippen molar-refractivity contribution in [1.82, 2.24) is 9.03 Å². The lowest BCUT2D eigenvalue weighted by Gasteiger charge is -2.31. The fraction of sp³-hybridized carbons (Fsp3) is 0.571. The Balaban J connectivity index is 2.20. The molecule has 1 atom stereocenters. The Kier molecular flexibility index (Phi) is 4.96. The molecule has 0 saturated carbocycles. The van der Waals surface area contributed by atoms with Gasteiger partial charge in [-0.2, -0.15) is 0 Å². The summed E-state index contributed by atoms with van der Waals surface area (Å²) in [5.41, 5.74) is 1.54. The molecular weight excluding hydrogens is 324 g/mol. The molecule has 0 aliphatic carbocycles. The standard InChI is InChI=1S/C14H22N2O4S2/c1-11-6-7-12(2)14(9-11)22(19,20)15-13-5-4-8-16(10-13)21(3,17)18/h6-7,9,13,15H,4-5,8,10H2,1-3H3. The molecule has 1 N–H and O–H groups in total. The van der Waals surface area contributed by atoms with Crippen LogP contribution in [0.3, 0.4) is 0 Å². The van der Waals surface area contributed by atoms with Crippen LogP contribution in [-0.2, 0) is 20.0 Å². The van der Waals surface area contributed by atoms with Crippen LogP contribution >= 0.6 is 0 Å². The van der Waals surface area contributed by atoms with E-state index in [4.69, 9.17) is 0 Å². The zero-order chi connectivity index (χ0) is 16.5. The van der Waals surface area contributed by atoms with Gasteiger partial charge in [-0.15, -0.1) is 0 Å². The second-order valence-electron chi connectivity index (χ2n) is 5.85. The van der Waals surface area contributed by atoms with Crippen molar-refractivity contribution in [2.24, 2.45) is 0 Å². The second kappa shape index (κ2) is 6.27. The van der Waals surface area contributed by atoms with Crippen LogP contribution in [0.25, 0.3) is 0 Å².